The Balaban J connectivity index is 1.63. The van der Waals surface area contributed by atoms with Crippen molar-refractivity contribution in [2.75, 3.05) is 11.9 Å². The fraction of sp³-hybridized carbons (Fsp3) is 0.207. The third-order valence-electron chi connectivity index (χ3n) is 6.57. The summed E-state index contributed by atoms with van der Waals surface area (Å²) in [5.74, 6) is -1.31. The molecule has 1 atom stereocenters. The van der Waals surface area contributed by atoms with Crippen LogP contribution < -0.4 is 11.1 Å². The highest BCUT2D eigenvalue weighted by molar-refractivity contribution is 6.11. The molecule has 0 aliphatic heterocycles. The number of carbonyl (C=O) groups is 3. The first kappa shape index (κ1) is 26.1. The van der Waals surface area contributed by atoms with Gasteiger partial charge in [-0.1, -0.05) is 30.3 Å². The van der Waals surface area contributed by atoms with E-state index in [1.54, 1.807) is 55.5 Å². The highest BCUT2D eigenvalue weighted by Crippen LogP contribution is 2.32. The van der Waals surface area contributed by atoms with Gasteiger partial charge in [-0.25, -0.2) is 4.98 Å². The maximum Gasteiger partial charge on any atom is 0.325 e. The van der Waals surface area contributed by atoms with Gasteiger partial charge in [0, 0.05) is 30.3 Å². The minimum Gasteiger partial charge on any atom is -0.465 e. The van der Waals surface area contributed by atoms with Crippen molar-refractivity contribution in [2.24, 2.45) is 12.8 Å². The molecule has 4 aromatic rings. The number of nitriles is 1. The van der Waals surface area contributed by atoms with Gasteiger partial charge in [0.2, 0.25) is 5.91 Å². The van der Waals surface area contributed by atoms with Gasteiger partial charge in [-0.15, -0.1) is 0 Å². The Morgan fingerprint density at radius 3 is 2.47 bits per heavy atom. The minimum atomic E-state index is -1.79. The molecule has 4 rings (SSSR count). The van der Waals surface area contributed by atoms with E-state index in [9.17, 15) is 14.4 Å². The number of carbonyl (C=O) groups excluding carboxylic acids is 3. The maximum absolute atomic E-state index is 13.2. The molecule has 192 valence electrons. The molecule has 9 heteroatoms. The van der Waals surface area contributed by atoms with Crippen LogP contribution in [0.5, 0.6) is 0 Å². The van der Waals surface area contributed by atoms with E-state index in [4.69, 9.17) is 20.7 Å². The topological polar surface area (TPSA) is 140 Å². The molecule has 1 aromatic heterocycles. The number of nitrogens with zero attached hydrogens (tertiary/aromatic N) is 3. The molecule has 38 heavy (non-hydrogen) atoms. The van der Waals surface area contributed by atoms with Crippen molar-refractivity contribution in [1.29, 1.82) is 5.26 Å². The van der Waals surface area contributed by atoms with Crippen molar-refractivity contribution in [3.8, 4) is 6.07 Å². The number of hydrogen-bond acceptors (Lipinski definition) is 6. The van der Waals surface area contributed by atoms with Gasteiger partial charge in [0.05, 0.1) is 29.3 Å². The van der Waals surface area contributed by atoms with Crippen LogP contribution in [0.3, 0.4) is 0 Å². The van der Waals surface area contributed by atoms with Crippen molar-refractivity contribution < 1.29 is 19.1 Å². The van der Waals surface area contributed by atoms with E-state index in [1.807, 2.05) is 29.8 Å². The van der Waals surface area contributed by atoms with E-state index in [2.05, 4.69) is 11.4 Å². The van der Waals surface area contributed by atoms with Crippen LogP contribution in [0.2, 0.25) is 0 Å². The molecule has 0 saturated carbocycles. The number of nitrogens with two attached hydrogens (primary N) is 1. The van der Waals surface area contributed by atoms with Gasteiger partial charge in [-0.05, 0) is 55.8 Å². The lowest BCUT2D eigenvalue weighted by Gasteiger charge is -2.26. The van der Waals surface area contributed by atoms with Gasteiger partial charge >= 0.3 is 5.97 Å². The Morgan fingerprint density at radius 2 is 1.82 bits per heavy atom. The molecule has 2 amide bonds. The first-order valence-corrected chi connectivity index (χ1v) is 12.0. The van der Waals surface area contributed by atoms with Crippen molar-refractivity contribution in [3.05, 3.63) is 94.8 Å². The number of anilines is 1. The molecule has 9 nitrogen and oxygen atoms in total. The molecular formula is C29H27N5O4. The first-order chi connectivity index (χ1) is 18.2. The van der Waals surface area contributed by atoms with Crippen molar-refractivity contribution in [3.63, 3.8) is 0 Å². The van der Waals surface area contributed by atoms with Gasteiger partial charge in [-0.2, -0.15) is 5.26 Å². The number of benzene rings is 3. The zero-order chi connectivity index (χ0) is 27.4. The molecule has 0 aliphatic rings. The number of aryl methyl sites for hydroxylation is 1. The summed E-state index contributed by atoms with van der Waals surface area (Å²) in [5.41, 5.74) is 7.80. The van der Waals surface area contributed by atoms with E-state index < -0.39 is 23.2 Å². The Morgan fingerprint density at radius 1 is 1.11 bits per heavy atom. The predicted molar refractivity (Wildman–Crippen MR) is 142 cm³/mol. The summed E-state index contributed by atoms with van der Waals surface area (Å²) >= 11 is 0. The van der Waals surface area contributed by atoms with Crippen LogP contribution in [0.4, 0.5) is 5.69 Å². The molecule has 1 heterocycles. The highest BCUT2D eigenvalue weighted by Gasteiger charge is 2.44. The molecule has 0 fully saturated rings. The van der Waals surface area contributed by atoms with Crippen LogP contribution in [0.1, 0.15) is 46.7 Å². The number of nitrogens with one attached hydrogen (secondary N) is 1. The van der Waals surface area contributed by atoms with Gasteiger partial charge in [0.1, 0.15) is 5.82 Å². The number of para-hydroxylation sites is 1. The number of fused-ring (bicyclic) bond motifs is 1. The zero-order valence-electron chi connectivity index (χ0n) is 21.3. The van der Waals surface area contributed by atoms with E-state index in [1.165, 1.54) is 6.92 Å². The van der Waals surface area contributed by atoms with Crippen LogP contribution >= 0.6 is 0 Å². The van der Waals surface area contributed by atoms with Crippen LogP contribution in [-0.2, 0) is 33.2 Å². The second-order valence-electron chi connectivity index (χ2n) is 8.99. The average Bonchev–Trinajstić information content (AvgIpc) is 3.23. The summed E-state index contributed by atoms with van der Waals surface area (Å²) in [4.78, 5) is 43.0. The first-order valence-electron chi connectivity index (χ1n) is 12.0. The fourth-order valence-corrected chi connectivity index (χ4v) is 4.27. The lowest BCUT2D eigenvalue weighted by molar-refractivity contribution is -0.153. The number of imidazole rings is 1. The molecule has 0 bridgehead atoms. The van der Waals surface area contributed by atoms with Gasteiger partial charge in [0.25, 0.3) is 5.91 Å². The number of hydrogen-bond donors (Lipinski definition) is 2. The molecule has 0 spiro atoms. The Hall–Kier alpha value is -4.97. The van der Waals surface area contributed by atoms with Crippen molar-refractivity contribution in [1.82, 2.24) is 9.55 Å². The standard InChI is InChI=1S/C29H27N5O4/c1-4-38-28(37)29(2,27(31)36)21-7-5-6-8-22(21)33-26(35)20-13-14-24-23(16-20)32-25(34(24)3)15-18-9-11-19(17-30)12-10-18/h5-14,16H,4,15H2,1-3H3,(H2,31,36)(H,33,35). The Kier molecular flexibility index (Phi) is 7.26. The molecule has 3 N–H and O–H groups in total. The summed E-state index contributed by atoms with van der Waals surface area (Å²) in [6.07, 6.45) is 0.561. The van der Waals surface area contributed by atoms with Crippen LogP contribution in [0.15, 0.2) is 66.7 Å². The summed E-state index contributed by atoms with van der Waals surface area (Å²) in [7, 11) is 1.91. The number of amides is 2. The SMILES string of the molecule is CCOC(=O)C(C)(C(N)=O)c1ccccc1NC(=O)c1ccc2c(c1)nc(Cc1ccc(C#N)cc1)n2C. The zero-order valence-corrected chi connectivity index (χ0v) is 21.3. The molecular weight excluding hydrogens is 482 g/mol. The molecule has 0 aliphatic carbocycles. The molecule has 3 aromatic carbocycles. The molecule has 0 saturated heterocycles. The summed E-state index contributed by atoms with van der Waals surface area (Å²) in [6.45, 7) is 3.09. The molecule has 1 unspecified atom stereocenters. The summed E-state index contributed by atoms with van der Waals surface area (Å²) < 4.78 is 7.07. The number of esters is 1. The lowest BCUT2D eigenvalue weighted by Crippen LogP contribution is -2.47. The van der Waals surface area contributed by atoms with Gasteiger partial charge in [-0.3, -0.25) is 14.4 Å². The Bertz CT molecular complexity index is 1580. The van der Waals surface area contributed by atoms with E-state index in [0.717, 1.165) is 16.9 Å². The molecule has 0 radical (unpaired) electrons. The predicted octanol–water partition coefficient (Wildman–Crippen LogP) is 3.59. The number of primary amides is 1. The van der Waals surface area contributed by atoms with E-state index in [-0.39, 0.29) is 17.9 Å². The van der Waals surface area contributed by atoms with E-state index >= 15 is 0 Å². The quantitative estimate of drug-likeness (QED) is 0.275. The van der Waals surface area contributed by atoms with Gasteiger partial charge < -0.3 is 20.4 Å². The second-order valence-corrected chi connectivity index (χ2v) is 8.99. The summed E-state index contributed by atoms with van der Waals surface area (Å²) in [5, 5.41) is 11.8. The van der Waals surface area contributed by atoms with Crippen LogP contribution in [0, 0.1) is 11.3 Å². The largest absolute Gasteiger partial charge is 0.465 e. The van der Waals surface area contributed by atoms with Gasteiger partial charge in [0.15, 0.2) is 5.41 Å². The van der Waals surface area contributed by atoms with E-state index in [0.29, 0.717) is 23.1 Å². The number of aromatic nitrogens is 2. The third-order valence-corrected chi connectivity index (χ3v) is 6.57. The van der Waals surface area contributed by atoms with Crippen molar-refractivity contribution in [2.45, 2.75) is 25.7 Å². The van der Waals surface area contributed by atoms with Crippen LogP contribution in [0.25, 0.3) is 11.0 Å². The smallest absolute Gasteiger partial charge is 0.325 e. The third kappa shape index (κ3) is 4.84. The maximum atomic E-state index is 13.2. The minimum absolute atomic E-state index is 0.0769. The highest BCUT2D eigenvalue weighted by atomic mass is 16.5. The fourth-order valence-electron chi connectivity index (χ4n) is 4.27. The summed E-state index contributed by atoms with van der Waals surface area (Å²) in [6, 6.07) is 21.1. The number of ether oxygens (including phenoxy) is 1. The van der Waals surface area contributed by atoms with Crippen LogP contribution in [-0.4, -0.2) is 33.9 Å². The van der Waals surface area contributed by atoms with Crippen molar-refractivity contribution >= 4 is 34.5 Å². The normalized spacial score (nSPS) is 12.4. The lowest BCUT2D eigenvalue weighted by atomic mass is 9.80. The second kappa shape index (κ2) is 10.6. The average molecular weight is 510 g/mol. The monoisotopic (exact) mass is 509 g/mol. The number of rotatable bonds is 8. The Labute approximate surface area is 219 Å².